The van der Waals surface area contributed by atoms with Crippen LogP contribution in [0.4, 0.5) is 0 Å². The molecule has 9 nitrogen and oxygen atoms in total. The molecule has 0 saturated carbocycles. The number of esters is 2. The molecule has 0 spiro atoms. The lowest BCUT2D eigenvalue weighted by molar-refractivity contribution is -0.259. The molecular weight excluding hydrogens is 336 g/mol. The number of epoxide rings is 2. The second-order valence-electron chi connectivity index (χ2n) is 5.10. The van der Waals surface area contributed by atoms with Crippen molar-refractivity contribution in [2.45, 2.75) is 24.8 Å². The molecule has 140 valence electrons. The van der Waals surface area contributed by atoms with Crippen molar-refractivity contribution in [3.63, 3.8) is 0 Å². The highest BCUT2D eigenvalue weighted by Crippen LogP contribution is 2.25. The molecular formula is C16H22O9. The van der Waals surface area contributed by atoms with E-state index in [4.69, 9.17) is 33.2 Å². The van der Waals surface area contributed by atoms with Crippen LogP contribution in [-0.4, -0.2) is 76.4 Å². The standard InChI is InChI=1S/C16H22O9/c1-3-13(17)19-5-7-21-15(11-9-23-11)25-16(12-10-24-12)22-8-6-20-14(18)4-2/h3-4,11-12,15-16H,1-2,5-10H2. The summed E-state index contributed by atoms with van der Waals surface area (Å²) in [5.74, 6) is -1.05. The van der Waals surface area contributed by atoms with E-state index in [0.717, 1.165) is 12.2 Å². The van der Waals surface area contributed by atoms with Crippen LogP contribution in [0, 0.1) is 0 Å². The second kappa shape index (κ2) is 10.3. The van der Waals surface area contributed by atoms with Crippen LogP contribution in [0.1, 0.15) is 0 Å². The predicted octanol–water partition coefficient (Wildman–Crippen LogP) is -0.0556. The van der Waals surface area contributed by atoms with Gasteiger partial charge in [-0.15, -0.1) is 0 Å². The highest BCUT2D eigenvalue weighted by Gasteiger charge is 2.42. The van der Waals surface area contributed by atoms with Crippen molar-refractivity contribution in [1.82, 2.24) is 0 Å². The minimum absolute atomic E-state index is 0.0698. The molecule has 0 radical (unpaired) electrons. The van der Waals surface area contributed by atoms with Crippen LogP contribution in [-0.2, 0) is 42.7 Å². The topological polar surface area (TPSA) is 105 Å². The molecule has 25 heavy (non-hydrogen) atoms. The van der Waals surface area contributed by atoms with Gasteiger partial charge in [0.05, 0.1) is 26.4 Å². The Balaban J connectivity index is 1.69. The smallest absolute Gasteiger partial charge is 0.330 e. The molecule has 2 heterocycles. The van der Waals surface area contributed by atoms with Crippen molar-refractivity contribution in [2.75, 3.05) is 39.6 Å². The number of carbonyl (C=O) groups excluding carboxylic acids is 2. The van der Waals surface area contributed by atoms with Gasteiger partial charge in [0.15, 0.2) is 12.6 Å². The summed E-state index contributed by atoms with van der Waals surface area (Å²) >= 11 is 0. The van der Waals surface area contributed by atoms with Gasteiger partial charge in [-0.2, -0.15) is 0 Å². The lowest BCUT2D eigenvalue weighted by Gasteiger charge is -2.23. The SMILES string of the molecule is C=CC(=O)OCCOC(OC(OCCOC(=O)C=C)C1CO1)C1CO1. The molecule has 2 rings (SSSR count). The summed E-state index contributed by atoms with van der Waals surface area (Å²) in [6.45, 7) is 8.03. The van der Waals surface area contributed by atoms with Gasteiger partial charge in [0.1, 0.15) is 25.4 Å². The van der Waals surface area contributed by atoms with E-state index in [9.17, 15) is 9.59 Å². The monoisotopic (exact) mass is 358 g/mol. The Morgan fingerprint density at radius 1 is 0.880 bits per heavy atom. The summed E-state index contributed by atoms with van der Waals surface area (Å²) in [5, 5.41) is 0. The first-order valence-electron chi connectivity index (χ1n) is 7.84. The molecule has 9 heteroatoms. The van der Waals surface area contributed by atoms with Crippen LogP contribution < -0.4 is 0 Å². The Bertz CT molecular complexity index is 428. The zero-order chi connectivity index (χ0) is 18.1. The van der Waals surface area contributed by atoms with Gasteiger partial charge in [-0.3, -0.25) is 0 Å². The Hall–Kier alpha value is -1.78. The van der Waals surface area contributed by atoms with Gasteiger partial charge in [0.25, 0.3) is 0 Å². The zero-order valence-electron chi connectivity index (χ0n) is 13.8. The van der Waals surface area contributed by atoms with Gasteiger partial charge in [0.2, 0.25) is 0 Å². The highest BCUT2D eigenvalue weighted by atomic mass is 16.8. The number of carbonyl (C=O) groups is 2. The quantitative estimate of drug-likeness (QED) is 0.139. The molecule has 2 fully saturated rings. The number of ether oxygens (including phenoxy) is 7. The van der Waals surface area contributed by atoms with Crippen LogP contribution in [0.25, 0.3) is 0 Å². The first kappa shape index (κ1) is 19.5. The maximum Gasteiger partial charge on any atom is 0.330 e. The molecule has 2 aliphatic rings. The third-order valence-corrected chi connectivity index (χ3v) is 3.15. The van der Waals surface area contributed by atoms with Crippen molar-refractivity contribution in [3.05, 3.63) is 25.3 Å². The van der Waals surface area contributed by atoms with E-state index >= 15 is 0 Å². The van der Waals surface area contributed by atoms with Gasteiger partial charge in [0, 0.05) is 12.2 Å². The molecule has 4 atom stereocenters. The maximum absolute atomic E-state index is 11.0. The fraction of sp³-hybridized carbons (Fsp3) is 0.625. The molecule has 2 saturated heterocycles. The lowest BCUT2D eigenvalue weighted by Crippen LogP contribution is -2.35. The Kier molecular flexibility index (Phi) is 8.02. The van der Waals surface area contributed by atoms with Crippen molar-refractivity contribution in [2.24, 2.45) is 0 Å². The second-order valence-corrected chi connectivity index (χ2v) is 5.10. The van der Waals surface area contributed by atoms with Crippen molar-refractivity contribution < 1.29 is 42.7 Å². The van der Waals surface area contributed by atoms with Crippen LogP contribution in [0.2, 0.25) is 0 Å². The van der Waals surface area contributed by atoms with Crippen molar-refractivity contribution >= 4 is 11.9 Å². The van der Waals surface area contributed by atoms with Crippen LogP contribution in [0.5, 0.6) is 0 Å². The molecule has 0 aromatic carbocycles. The third-order valence-electron chi connectivity index (χ3n) is 3.15. The third kappa shape index (κ3) is 7.76. The average molecular weight is 358 g/mol. The van der Waals surface area contributed by atoms with E-state index in [-0.39, 0.29) is 38.6 Å². The van der Waals surface area contributed by atoms with Gasteiger partial charge in [-0.05, 0) is 0 Å². The first-order chi connectivity index (χ1) is 12.1. The molecule has 4 unspecified atom stereocenters. The van der Waals surface area contributed by atoms with Gasteiger partial charge in [-0.25, -0.2) is 9.59 Å². The van der Waals surface area contributed by atoms with Crippen LogP contribution in [0.15, 0.2) is 25.3 Å². The summed E-state index contributed by atoms with van der Waals surface area (Å²) in [4.78, 5) is 21.9. The van der Waals surface area contributed by atoms with Gasteiger partial charge in [-0.1, -0.05) is 13.2 Å². The van der Waals surface area contributed by atoms with Crippen molar-refractivity contribution in [1.29, 1.82) is 0 Å². The number of rotatable bonds is 14. The van der Waals surface area contributed by atoms with E-state index in [1.54, 1.807) is 0 Å². The molecule has 2 aliphatic heterocycles. The normalized spacial score (nSPS) is 23.2. The Morgan fingerprint density at radius 3 is 1.60 bits per heavy atom. The van der Waals surface area contributed by atoms with Crippen LogP contribution >= 0.6 is 0 Å². The molecule has 0 amide bonds. The van der Waals surface area contributed by atoms with E-state index in [2.05, 4.69) is 13.2 Å². The summed E-state index contributed by atoms with van der Waals surface area (Å²) < 4.78 is 36.9. The summed E-state index contributed by atoms with van der Waals surface area (Å²) in [7, 11) is 0. The lowest BCUT2D eigenvalue weighted by atomic mass is 10.4. The highest BCUT2D eigenvalue weighted by molar-refractivity contribution is 5.81. The largest absolute Gasteiger partial charge is 0.460 e. The Morgan fingerprint density at radius 2 is 1.28 bits per heavy atom. The van der Waals surface area contributed by atoms with E-state index in [1.807, 2.05) is 0 Å². The number of hydrogen-bond donors (Lipinski definition) is 0. The first-order valence-corrected chi connectivity index (χ1v) is 7.84. The van der Waals surface area contributed by atoms with Gasteiger partial charge >= 0.3 is 11.9 Å². The maximum atomic E-state index is 11.0. The van der Waals surface area contributed by atoms with E-state index < -0.39 is 24.5 Å². The van der Waals surface area contributed by atoms with Crippen LogP contribution in [0.3, 0.4) is 0 Å². The Labute approximate surface area is 145 Å². The molecule has 0 aliphatic carbocycles. The molecule has 0 aromatic rings. The number of hydrogen-bond acceptors (Lipinski definition) is 9. The molecule has 0 aromatic heterocycles. The van der Waals surface area contributed by atoms with Gasteiger partial charge < -0.3 is 33.2 Å². The summed E-state index contributed by atoms with van der Waals surface area (Å²) in [6.07, 6.45) is 0.383. The van der Waals surface area contributed by atoms with Crippen molar-refractivity contribution in [3.8, 4) is 0 Å². The minimum atomic E-state index is -0.674. The summed E-state index contributed by atoms with van der Waals surface area (Å²) in [5.41, 5.74) is 0. The minimum Gasteiger partial charge on any atom is -0.460 e. The summed E-state index contributed by atoms with van der Waals surface area (Å²) in [6, 6.07) is 0. The predicted molar refractivity (Wildman–Crippen MR) is 82.4 cm³/mol. The zero-order valence-corrected chi connectivity index (χ0v) is 13.8. The molecule has 0 N–H and O–H groups in total. The van der Waals surface area contributed by atoms with E-state index in [1.165, 1.54) is 0 Å². The fourth-order valence-electron chi connectivity index (χ4n) is 1.76. The average Bonchev–Trinajstić information content (AvgIpc) is 3.50. The fourth-order valence-corrected chi connectivity index (χ4v) is 1.76. The van der Waals surface area contributed by atoms with E-state index in [0.29, 0.717) is 13.2 Å². The molecule has 0 bridgehead atoms.